The van der Waals surface area contributed by atoms with E-state index in [1.165, 1.54) is 24.3 Å². The van der Waals surface area contributed by atoms with Gasteiger partial charge in [-0.2, -0.15) is 13.2 Å². The highest BCUT2D eigenvalue weighted by Gasteiger charge is 2.34. The van der Waals surface area contributed by atoms with Crippen molar-refractivity contribution in [1.29, 1.82) is 0 Å². The van der Waals surface area contributed by atoms with E-state index in [1.54, 1.807) is 12.1 Å². The van der Waals surface area contributed by atoms with E-state index in [4.69, 9.17) is 23.8 Å². The van der Waals surface area contributed by atoms with Crippen molar-refractivity contribution in [2.75, 3.05) is 5.32 Å². The lowest BCUT2D eigenvalue weighted by Gasteiger charge is -2.32. The molecule has 0 atom stereocenters. The number of benzene rings is 2. The molecule has 0 amide bonds. The van der Waals surface area contributed by atoms with Crippen molar-refractivity contribution in [3.63, 3.8) is 0 Å². The van der Waals surface area contributed by atoms with Crippen LogP contribution in [0.3, 0.4) is 0 Å². The second-order valence-corrected chi connectivity index (χ2v) is 7.63. The molecule has 0 heterocycles. The van der Waals surface area contributed by atoms with E-state index >= 15 is 0 Å². The Kier molecular flexibility index (Phi) is 6.45. The smallest absolute Gasteiger partial charge is 0.342 e. The summed E-state index contributed by atoms with van der Waals surface area (Å²) in [5, 5.41) is 3.13. The first-order valence-corrected chi connectivity index (χ1v) is 9.71. The summed E-state index contributed by atoms with van der Waals surface area (Å²) in [5.74, 6) is -0.342. The van der Waals surface area contributed by atoms with E-state index in [0.717, 1.165) is 37.3 Å². The maximum atomic E-state index is 13.3. The lowest BCUT2D eigenvalue weighted by Crippen LogP contribution is -2.41. The number of nitrogens with zero attached hydrogens (tertiary/aromatic N) is 1. The van der Waals surface area contributed by atoms with Crippen LogP contribution < -0.4 is 5.32 Å². The maximum Gasteiger partial charge on any atom is 0.418 e. The van der Waals surface area contributed by atoms with Crippen molar-refractivity contribution in [1.82, 2.24) is 4.90 Å². The average molecular weight is 431 g/mol. The molecule has 0 unspecified atom stereocenters. The number of hydrogen-bond acceptors (Lipinski definition) is 1. The molecule has 1 fully saturated rings. The van der Waals surface area contributed by atoms with Gasteiger partial charge in [-0.05, 0) is 61.0 Å². The molecule has 150 valence electrons. The fourth-order valence-corrected chi connectivity index (χ4v) is 3.92. The molecule has 28 heavy (non-hydrogen) atoms. The molecule has 0 saturated heterocycles. The van der Waals surface area contributed by atoms with Crippen molar-refractivity contribution in [3.8, 4) is 0 Å². The first-order valence-electron chi connectivity index (χ1n) is 8.93. The Balaban J connectivity index is 1.85. The van der Waals surface area contributed by atoms with Crippen LogP contribution in [0.25, 0.3) is 0 Å². The average Bonchev–Trinajstić information content (AvgIpc) is 3.14. The van der Waals surface area contributed by atoms with E-state index in [0.29, 0.717) is 6.54 Å². The zero-order valence-corrected chi connectivity index (χ0v) is 16.5. The van der Waals surface area contributed by atoms with Gasteiger partial charge in [-0.15, -0.1) is 0 Å². The quantitative estimate of drug-likeness (QED) is 0.432. The number of thiocarbonyl (C=S) groups is 1. The minimum absolute atomic E-state index is 0.124. The summed E-state index contributed by atoms with van der Waals surface area (Å²) >= 11 is 11.4. The molecule has 1 aliphatic carbocycles. The molecule has 0 aliphatic heterocycles. The molecule has 3 rings (SSSR count). The Bertz CT molecular complexity index is 833. The molecule has 2 aromatic carbocycles. The number of nitrogens with one attached hydrogen (secondary N) is 1. The van der Waals surface area contributed by atoms with Crippen LogP contribution in [0.5, 0.6) is 0 Å². The van der Waals surface area contributed by atoms with Gasteiger partial charge in [0.1, 0.15) is 5.82 Å². The van der Waals surface area contributed by atoms with Gasteiger partial charge < -0.3 is 10.2 Å². The summed E-state index contributed by atoms with van der Waals surface area (Å²) in [7, 11) is 0. The molecule has 1 N–H and O–H groups in total. The highest BCUT2D eigenvalue weighted by atomic mass is 35.5. The van der Waals surface area contributed by atoms with Crippen LogP contribution in [0.15, 0.2) is 42.5 Å². The van der Waals surface area contributed by atoms with Crippen LogP contribution in [0.4, 0.5) is 23.2 Å². The SMILES string of the molecule is Fc1ccc(CN(C(=S)Nc2cc(Cl)ccc2C(F)(F)F)C2CCCC2)cc1. The minimum atomic E-state index is -4.53. The van der Waals surface area contributed by atoms with Crippen molar-refractivity contribution in [3.05, 3.63) is 64.4 Å². The zero-order valence-electron chi connectivity index (χ0n) is 14.9. The Morgan fingerprint density at radius 3 is 2.36 bits per heavy atom. The van der Waals surface area contributed by atoms with Crippen molar-refractivity contribution < 1.29 is 17.6 Å². The minimum Gasteiger partial charge on any atom is -0.342 e. The highest BCUT2D eigenvalue weighted by Crippen LogP contribution is 2.36. The molecule has 1 saturated carbocycles. The third-order valence-corrected chi connectivity index (χ3v) is 5.39. The van der Waals surface area contributed by atoms with E-state index in [2.05, 4.69) is 5.32 Å². The van der Waals surface area contributed by atoms with E-state index in [-0.39, 0.29) is 27.7 Å². The number of halogens is 5. The predicted octanol–water partition coefficient (Wildman–Crippen LogP) is 6.64. The topological polar surface area (TPSA) is 15.3 Å². The van der Waals surface area contributed by atoms with Crippen LogP contribution in [-0.2, 0) is 12.7 Å². The second kappa shape index (κ2) is 8.66. The molecule has 2 nitrogen and oxygen atoms in total. The van der Waals surface area contributed by atoms with Gasteiger partial charge in [0.25, 0.3) is 0 Å². The third-order valence-electron chi connectivity index (χ3n) is 4.82. The first-order chi connectivity index (χ1) is 13.2. The molecule has 8 heteroatoms. The van der Waals surface area contributed by atoms with Crippen LogP contribution >= 0.6 is 23.8 Å². The summed E-state index contributed by atoms with van der Waals surface area (Å²) in [6.45, 7) is 0.388. The molecular weight excluding hydrogens is 412 g/mol. The van der Waals surface area contributed by atoms with Gasteiger partial charge in [0.05, 0.1) is 11.3 Å². The Morgan fingerprint density at radius 1 is 1.11 bits per heavy atom. The Morgan fingerprint density at radius 2 is 1.75 bits per heavy atom. The number of alkyl halides is 3. The number of hydrogen-bond donors (Lipinski definition) is 1. The van der Waals surface area contributed by atoms with Gasteiger partial charge in [0.2, 0.25) is 0 Å². The fraction of sp³-hybridized carbons (Fsp3) is 0.350. The maximum absolute atomic E-state index is 13.3. The van der Waals surface area contributed by atoms with Gasteiger partial charge >= 0.3 is 6.18 Å². The molecule has 1 aliphatic rings. The lowest BCUT2D eigenvalue weighted by atomic mass is 10.1. The number of rotatable bonds is 4. The second-order valence-electron chi connectivity index (χ2n) is 6.81. The van der Waals surface area contributed by atoms with Gasteiger partial charge in [-0.25, -0.2) is 4.39 Å². The highest BCUT2D eigenvalue weighted by molar-refractivity contribution is 7.80. The molecule has 0 radical (unpaired) electrons. The summed E-state index contributed by atoms with van der Waals surface area (Å²) in [6.07, 6.45) is -0.636. The van der Waals surface area contributed by atoms with E-state index in [1.807, 2.05) is 4.90 Å². The lowest BCUT2D eigenvalue weighted by molar-refractivity contribution is -0.136. The number of anilines is 1. The van der Waals surface area contributed by atoms with Gasteiger partial charge in [-0.1, -0.05) is 36.6 Å². The summed E-state index contributed by atoms with van der Waals surface area (Å²) in [4.78, 5) is 1.89. The van der Waals surface area contributed by atoms with Crippen LogP contribution in [0, 0.1) is 5.82 Å². The van der Waals surface area contributed by atoms with Crippen LogP contribution in [0.1, 0.15) is 36.8 Å². The molecule has 0 bridgehead atoms. The Labute approximate surface area is 171 Å². The zero-order chi connectivity index (χ0) is 20.3. The Hall–Kier alpha value is -1.86. The third kappa shape index (κ3) is 5.14. The van der Waals surface area contributed by atoms with Gasteiger partial charge in [-0.3, -0.25) is 0 Å². The first kappa shape index (κ1) is 20.9. The largest absolute Gasteiger partial charge is 0.418 e. The van der Waals surface area contributed by atoms with Crippen molar-refractivity contribution in [2.24, 2.45) is 0 Å². The van der Waals surface area contributed by atoms with E-state index in [9.17, 15) is 17.6 Å². The van der Waals surface area contributed by atoms with Crippen LogP contribution in [0.2, 0.25) is 5.02 Å². The fourth-order valence-electron chi connectivity index (χ4n) is 3.42. The monoisotopic (exact) mass is 430 g/mol. The van der Waals surface area contributed by atoms with Crippen LogP contribution in [-0.4, -0.2) is 16.1 Å². The van der Waals surface area contributed by atoms with Gasteiger partial charge in [0, 0.05) is 17.6 Å². The van der Waals surface area contributed by atoms with Crippen molar-refractivity contribution >= 4 is 34.6 Å². The summed E-state index contributed by atoms with van der Waals surface area (Å²) < 4.78 is 53.2. The molecule has 0 aromatic heterocycles. The standard InChI is InChI=1S/C20H19ClF4N2S/c21-14-7-10-17(20(23,24)25)18(11-14)26-19(28)27(16-3-1-2-4-16)12-13-5-8-15(22)9-6-13/h5-11,16H,1-4,12H2,(H,26,28). The molecule has 0 spiro atoms. The summed E-state index contributed by atoms with van der Waals surface area (Å²) in [6, 6.07) is 9.51. The summed E-state index contributed by atoms with van der Waals surface area (Å²) in [5.41, 5.74) is -0.168. The normalized spacial score (nSPS) is 14.9. The molecular formula is C20H19ClF4N2S. The van der Waals surface area contributed by atoms with Gasteiger partial charge in [0.15, 0.2) is 5.11 Å². The molecule has 2 aromatic rings. The predicted molar refractivity (Wildman–Crippen MR) is 107 cm³/mol. The van der Waals surface area contributed by atoms with E-state index < -0.39 is 11.7 Å². The van der Waals surface area contributed by atoms with Crippen molar-refractivity contribution in [2.45, 2.75) is 44.4 Å².